The summed E-state index contributed by atoms with van der Waals surface area (Å²) in [6, 6.07) is 24.6. The quantitative estimate of drug-likeness (QED) is 0.468. The van der Waals surface area contributed by atoms with E-state index in [1.54, 1.807) is 11.3 Å². The van der Waals surface area contributed by atoms with Crippen molar-refractivity contribution < 1.29 is 4.79 Å². The highest BCUT2D eigenvalue weighted by molar-refractivity contribution is 7.21. The lowest BCUT2D eigenvalue weighted by Gasteiger charge is -2.06. The van der Waals surface area contributed by atoms with Crippen LogP contribution >= 0.6 is 11.3 Å². The summed E-state index contributed by atoms with van der Waals surface area (Å²) in [5.74, 6) is 0.540. The molecule has 4 heteroatoms. The summed E-state index contributed by atoms with van der Waals surface area (Å²) in [4.78, 5) is 17.3. The van der Waals surface area contributed by atoms with Crippen LogP contribution in [-0.4, -0.2) is 10.9 Å². The van der Waals surface area contributed by atoms with Crippen LogP contribution in [0.4, 0.5) is 5.69 Å². The minimum absolute atomic E-state index is 0.0783. The van der Waals surface area contributed by atoms with Gasteiger partial charge in [0.25, 0.3) is 0 Å². The van der Waals surface area contributed by atoms with Gasteiger partial charge in [-0.15, -0.1) is 11.3 Å². The highest BCUT2D eigenvalue weighted by atomic mass is 32.1. The number of hydrogen-bond donors (Lipinski definition) is 1. The van der Waals surface area contributed by atoms with E-state index in [1.165, 1.54) is 15.8 Å². The second-order valence-corrected chi connectivity index (χ2v) is 8.45. The van der Waals surface area contributed by atoms with Gasteiger partial charge in [0.05, 0.1) is 10.2 Å². The number of aryl methyl sites for hydroxylation is 1. The van der Waals surface area contributed by atoms with Crippen molar-refractivity contribution in [1.82, 2.24) is 4.98 Å². The van der Waals surface area contributed by atoms with Crippen LogP contribution in [0.3, 0.4) is 0 Å². The zero-order valence-corrected chi connectivity index (χ0v) is 16.4. The number of nitrogens with one attached hydrogen (secondary N) is 1. The van der Waals surface area contributed by atoms with Gasteiger partial charge in [0.15, 0.2) is 0 Å². The van der Waals surface area contributed by atoms with E-state index in [9.17, 15) is 4.79 Å². The van der Waals surface area contributed by atoms with Crippen molar-refractivity contribution in [2.75, 3.05) is 5.32 Å². The third kappa shape index (κ3) is 3.32. The molecule has 1 N–H and O–H groups in total. The van der Waals surface area contributed by atoms with Gasteiger partial charge in [0.2, 0.25) is 5.91 Å². The summed E-state index contributed by atoms with van der Waals surface area (Å²) in [5, 5.41) is 4.06. The van der Waals surface area contributed by atoms with Crippen molar-refractivity contribution in [2.45, 2.75) is 19.3 Å². The Balaban J connectivity index is 1.28. The zero-order chi connectivity index (χ0) is 19.1. The van der Waals surface area contributed by atoms with E-state index in [2.05, 4.69) is 42.6 Å². The van der Waals surface area contributed by atoms with Crippen molar-refractivity contribution in [1.29, 1.82) is 0 Å². The summed E-state index contributed by atoms with van der Waals surface area (Å²) >= 11 is 1.70. The van der Waals surface area contributed by atoms with Gasteiger partial charge in [-0.25, -0.2) is 4.98 Å². The Morgan fingerprint density at radius 3 is 2.61 bits per heavy atom. The Bertz CT molecular complexity index is 1150. The Morgan fingerprint density at radius 2 is 1.82 bits per heavy atom. The van der Waals surface area contributed by atoms with Gasteiger partial charge in [-0.05, 0) is 66.8 Å². The maximum Gasteiger partial charge on any atom is 0.228 e. The lowest BCUT2D eigenvalue weighted by Crippen LogP contribution is -2.14. The molecule has 1 saturated carbocycles. The normalized spacial score (nSPS) is 18.2. The topological polar surface area (TPSA) is 42.0 Å². The summed E-state index contributed by atoms with van der Waals surface area (Å²) in [6.07, 6.45) is 0.930. The fraction of sp³-hybridized carbons (Fsp3) is 0.167. The van der Waals surface area contributed by atoms with E-state index in [1.807, 2.05) is 42.5 Å². The first kappa shape index (κ1) is 17.1. The molecule has 1 heterocycles. The van der Waals surface area contributed by atoms with Crippen molar-refractivity contribution in [2.24, 2.45) is 5.92 Å². The van der Waals surface area contributed by atoms with Gasteiger partial charge in [-0.2, -0.15) is 0 Å². The number of benzene rings is 3. The van der Waals surface area contributed by atoms with Gasteiger partial charge in [-0.1, -0.05) is 36.4 Å². The van der Waals surface area contributed by atoms with Crippen LogP contribution < -0.4 is 5.32 Å². The third-order valence-corrected chi connectivity index (χ3v) is 6.37. The van der Waals surface area contributed by atoms with E-state index in [-0.39, 0.29) is 11.8 Å². The highest BCUT2D eigenvalue weighted by Gasteiger charge is 2.43. The molecule has 138 valence electrons. The SMILES string of the molecule is Cc1ccc2nc(-c3ccc(NC(=O)C4CC4c4ccccc4)cc3)sc2c1. The van der Waals surface area contributed by atoms with E-state index in [0.717, 1.165) is 28.2 Å². The minimum Gasteiger partial charge on any atom is -0.326 e. The molecule has 0 saturated heterocycles. The molecule has 0 bridgehead atoms. The summed E-state index contributed by atoms with van der Waals surface area (Å²) in [5.41, 5.74) is 5.44. The van der Waals surface area contributed by atoms with Crippen LogP contribution in [0.5, 0.6) is 0 Å². The number of hydrogen-bond acceptors (Lipinski definition) is 3. The predicted molar refractivity (Wildman–Crippen MR) is 116 cm³/mol. The molecule has 2 unspecified atom stereocenters. The summed E-state index contributed by atoms with van der Waals surface area (Å²) in [7, 11) is 0. The summed E-state index contributed by atoms with van der Waals surface area (Å²) < 4.78 is 1.20. The molecule has 3 nitrogen and oxygen atoms in total. The molecular weight excluding hydrogens is 364 g/mol. The molecule has 1 aromatic heterocycles. The van der Waals surface area contributed by atoms with Gasteiger partial charge in [-0.3, -0.25) is 4.79 Å². The molecule has 0 aliphatic heterocycles. The first-order valence-corrected chi connectivity index (χ1v) is 10.3. The molecular formula is C24H20N2OS. The lowest BCUT2D eigenvalue weighted by molar-refractivity contribution is -0.117. The van der Waals surface area contributed by atoms with Crippen molar-refractivity contribution in [3.63, 3.8) is 0 Å². The van der Waals surface area contributed by atoms with Crippen molar-refractivity contribution >= 4 is 33.1 Å². The largest absolute Gasteiger partial charge is 0.326 e. The van der Waals surface area contributed by atoms with E-state index in [0.29, 0.717) is 5.92 Å². The zero-order valence-electron chi connectivity index (χ0n) is 15.6. The van der Waals surface area contributed by atoms with Crippen molar-refractivity contribution in [3.05, 3.63) is 83.9 Å². The first-order chi connectivity index (χ1) is 13.7. The molecule has 1 aliphatic carbocycles. The Labute approximate surface area is 168 Å². The van der Waals surface area contributed by atoms with E-state index >= 15 is 0 Å². The number of thiazole rings is 1. The Morgan fingerprint density at radius 1 is 1.04 bits per heavy atom. The van der Waals surface area contributed by atoms with Crippen LogP contribution in [-0.2, 0) is 4.79 Å². The fourth-order valence-electron chi connectivity index (χ4n) is 3.64. The van der Waals surface area contributed by atoms with Gasteiger partial charge in [0, 0.05) is 17.2 Å². The molecule has 1 fully saturated rings. The molecule has 0 spiro atoms. The number of rotatable bonds is 4. The standard InChI is InChI=1S/C24H20N2OS/c1-15-7-12-21-22(13-15)28-24(26-21)17-8-10-18(11-9-17)25-23(27)20-14-19(20)16-5-3-2-4-6-16/h2-13,19-20H,14H2,1H3,(H,25,27). The first-order valence-electron chi connectivity index (χ1n) is 9.51. The van der Waals surface area contributed by atoms with Crippen LogP contribution in [0, 0.1) is 12.8 Å². The lowest BCUT2D eigenvalue weighted by atomic mass is 10.1. The number of carbonyl (C=O) groups excluding carboxylic acids is 1. The third-order valence-electron chi connectivity index (χ3n) is 5.30. The number of anilines is 1. The highest BCUT2D eigenvalue weighted by Crippen LogP contribution is 2.47. The monoisotopic (exact) mass is 384 g/mol. The van der Waals surface area contributed by atoms with Crippen LogP contribution in [0.25, 0.3) is 20.8 Å². The number of carbonyl (C=O) groups is 1. The predicted octanol–water partition coefficient (Wildman–Crippen LogP) is 6.01. The maximum absolute atomic E-state index is 12.5. The smallest absolute Gasteiger partial charge is 0.228 e. The Hall–Kier alpha value is -2.98. The van der Waals surface area contributed by atoms with E-state index < -0.39 is 0 Å². The summed E-state index contributed by atoms with van der Waals surface area (Å²) in [6.45, 7) is 2.10. The van der Waals surface area contributed by atoms with E-state index in [4.69, 9.17) is 4.98 Å². The number of nitrogens with zero attached hydrogens (tertiary/aromatic N) is 1. The molecule has 3 aromatic carbocycles. The van der Waals surface area contributed by atoms with Crippen LogP contribution in [0.2, 0.25) is 0 Å². The molecule has 4 aromatic rings. The molecule has 2 atom stereocenters. The number of amides is 1. The molecule has 1 aliphatic rings. The number of fused-ring (bicyclic) bond motifs is 1. The van der Waals surface area contributed by atoms with Crippen LogP contribution in [0.15, 0.2) is 72.8 Å². The molecule has 5 rings (SSSR count). The Kier molecular flexibility index (Phi) is 4.21. The average molecular weight is 385 g/mol. The minimum atomic E-state index is 0.0783. The molecule has 0 radical (unpaired) electrons. The van der Waals surface area contributed by atoms with Gasteiger partial charge in [0.1, 0.15) is 5.01 Å². The maximum atomic E-state index is 12.5. The average Bonchev–Trinajstić information content (AvgIpc) is 3.42. The molecule has 1 amide bonds. The second kappa shape index (κ2) is 6.88. The molecule has 28 heavy (non-hydrogen) atoms. The number of aromatic nitrogens is 1. The second-order valence-electron chi connectivity index (χ2n) is 7.42. The van der Waals surface area contributed by atoms with Crippen molar-refractivity contribution in [3.8, 4) is 10.6 Å². The van der Waals surface area contributed by atoms with Gasteiger partial charge < -0.3 is 5.32 Å². The van der Waals surface area contributed by atoms with Gasteiger partial charge >= 0.3 is 0 Å². The van der Waals surface area contributed by atoms with Crippen LogP contribution in [0.1, 0.15) is 23.5 Å². The fourth-order valence-corrected chi connectivity index (χ4v) is 4.71.